The van der Waals surface area contributed by atoms with E-state index in [-0.39, 0.29) is 12.6 Å². The molecule has 1 fully saturated rings. The molecule has 1 saturated heterocycles. The van der Waals surface area contributed by atoms with Gasteiger partial charge in [0.05, 0.1) is 19.0 Å². The molecule has 0 unspecified atom stereocenters. The number of aliphatic hydroxyl groups is 2. The molecule has 3 atom stereocenters. The predicted molar refractivity (Wildman–Crippen MR) is 68.2 cm³/mol. The van der Waals surface area contributed by atoms with Gasteiger partial charge in [-0.3, -0.25) is 4.57 Å². The number of aromatic nitrogens is 4. The maximum Gasteiger partial charge on any atom is 0.317 e. The summed E-state index contributed by atoms with van der Waals surface area (Å²) in [6, 6.07) is -0.374. The van der Waals surface area contributed by atoms with Crippen molar-refractivity contribution in [2.24, 2.45) is 0 Å². The topological polar surface area (TPSA) is 126 Å². The first-order valence-electron chi connectivity index (χ1n) is 6.19. The second kappa shape index (κ2) is 4.85. The first kappa shape index (κ1) is 13.0. The molecule has 0 spiro atoms. The molecule has 3 heterocycles. The number of hydrogen-bond acceptors (Lipinski definition) is 8. The number of hydrogen-bond donors (Lipinski definition) is 4. The third-order valence-electron chi connectivity index (χ3n) is 3.34. The van der Waals surface area contributed by atoms with Crippen molar-refractivity contribution in [1.82, 2.24) is 19.5 Å². The summed E-state index contributed by atoms with van der Waals surface area (Å²) in [5, 5.41) is 31.2. The van der Waals surface area contributed by atoms with Gasteiger partial charge in [0.2, 0.25) is 0 Å². The minimum Gasteiger partial charge on any atom is -0.479 e. The van der Waals surface area contributed by atoms with Crippen LogP contribution >= 0.6 is 0 Å². The number of aliphatic hydroxyl groups excluding tert-OH is 2. The third kappa shape index (κ3) is 1.96. The number of rotatable bonds is 3. The zero-order valence-electron chi connectivity index (χ0n) is 10.8. The normalized spacial score (nSPS) is 26.2. The Balaban J connectivity index is 2.03. The van der Waals surface area contributed by atoms with Gasteiger partial charge in [0, 0.05) is 13.5 Å². The van der Waals surface area contributed by atoms with E-state index in [1.807, 2.05) is 0 Å². The lowest BCUT2D eigenvalue weighted by Crippen LogP contribution is -2.24. The van der Waals surface area contributed by atoms with E-state index < -0.39 is 18.4 Å². The quantitative estimate of drug-likeness (QED) is 0.577. The van der Waals surface area contributed by atoms with Crippen molar-refractivity contribution in [3.8, 4) is 6.01 Å². The lowest BCUT2D eigenvalue weighted by molar-refractivity contribution is -0.0432. The number of fused-ring (bicyclic) bond motifs is 1. The largest absolute Gasteiger partial charge is 0.479 e. The van der Waals surface area contributed by atoms with Gasteiger partial charge >= 0.3 is 6.01 Å². The Bertz CT molecular complexity index is 631. The third-order valence-corrected chi connectivity index (χ3v) is 3.34. The van der Waals surface area contributed by atoms with E-state index in [9.17, 15) is 10.2 Å². The second-order valence-electron chi connectivity index (χ2n) is 4.56. The summed E-state index contributed by atoms with van der Waals surface area (Å²) in [5.74, 6) is 0.406. The molecular weight excluding hydrogens is 266 g/mol. The molecule has 4 N–H and O–H groups in total. The molecule has 9 nitrogen and oxygen atoms in total. The lowest BCUT2D eigenvalue weighted by Gasteiger charge is -2.13. The fraction of sp³-hybridized carbons (Fsp3) is 0.545. The molecule has 0 radical (unpaired) electrons. The molecule has 2 aromatic heterocycles. The molecule has 1 aliphatic heterocycles. The number of nitrogens with one attached hydrogen (secondary N) is 1. The second-order valence-corrected chi connectivity index (χ2v) is 4.56. The molecule has 0 aromatic carbocycles. The van der Waals surface area contributed by atoms with Crippen LogP contribution in [0.1, 0.15) is 12.6 Å². The van der Waals surface area contributed by atoms with Gasteiger partial charge in [0.25, 0.3) is 0 Å². The van der Waals surface area contributed by atoms with Crippen LogP contribution in [0.15, 0.2) is 6.33 Å². The minimum absolute atomic E-state index is 0.258. The van der Waals surface area contributed by atoms with Crippen LogP contribution in [0.2, 0.25) is 0 Å². The van der Waals surface area contributed by atoms with Crippen molar-refractivity contribution in [3.63, 3.8) is 0 Å². The average Bonchev–Trinajstić information content (AvgIpc) is 3.00. The van der Waals surface area contributed by atoms with Gasteiger partial charge in [-0.1, -0.05) is 0 Å². The fourth-order valence-corrected chi connectivity index (χ4v) is 2.34. The smallest absolute Gasteiger partial charge is 0.317 e. The summed E-state index contributed by atoms with van der Waals surface area (Å²) in [5.41, 5.74) is 0.897. The van der Waals surface area contributed by atoms with E-state index in [1.165, 1.54) is 6.33 Å². The van der Waals surface area contributed by atoms with Crippen LogP contribution in [0.25, 0.3) is 11.2 Å². The van der Waals surface area contributed by atoms with Crippen molar-refractivity contribution in [1.29, 1.82) is 0 Å². The number of ether oxygens (including phenoxy) is 1. The zero-order valence-corrected chi connectivity index (χ0v) is 10.8. The van der Waals surface area contributed by atoms with E-state index in [0.29, 0.717) is 23.4 Å². The predicted octanol–water partition coefficient (Wildman–Crippen LogP) is -0.786. The fourth-order valence-electron chi connectivity index (χ4n) is 2.34. The standard InChI is InChI=1S/C11H15N5O4/c1-12-9-8-10(15-11(19)14-9)16(4-13-8)7-2-5(18)6(3-17)20-7/h4-7,17-18H,2-3H2,1H3,(H2,12,14,15,19)/t5-,6+,7+/m1/s1. The van der Waals surface area contributed by atoms with Crippen LogP contribution in [0.5, 0.6) is 6.01 Å². The molecule has 20 heavy (non-hydrogen) atoms. The molecule has 0 amide bonds. The van der Waals surface area contributed by atoms with Gasteiger partial charge in [0.15, 0.2) is 17.0 Å². The van der Waals surface area contributed by atoms with E-state index >= 15 is 0 Å². The molecule has 108 valence electrons. The molecule has 0 saturated carbocycles. The first-order chi connectivity index (χ1) is 9.63. The number of nitrogens with zero attached hydrogens (tertiary/aromatic N) is 4. The van der Waals surface area contributed by atoms with Gasteiger partial charge in [-0.25, -0.2) is 4.98 Å². The Kier molecular flexibility index (Phi) is 3.16. The van der Waals surface area contributed by atoms with Gasteiger partial charge in [-0.15, -0.1) is 0 Å². The number of imidazole rings is 1. The highest BCUT2D eigenvalue weighted by Crippen LogP contribution is 2.32. The van der Waals surface area contributed by atoms with Crippen molar-refractivity contribution in [2.45, 2.75) is 24.9 Å². The molecule has 0 bridgehead atoms. The summed E-state index contributed by atoms with van der Waals surface area (Å²) in [4.78, 5) is 12.0. The van der Waals surface area contributed by atoms with E-state index in [2.05, 4.69) is 20.3 Å². The van der Waals surface area contributed by atoms with Crippen molar-refractivity contribution in [2.75, 3.05) is 19.0 Å². The Morgan fingerprint density at radius 1 is 1.50 bits per heavy atom. The van der Waals surface area contributed by atoms with E-state index in [4.69, 9.17) is 9.84 Å². The summed E-state index contributed by atoms with van der Waals surface area (Å²) >= 11 is 0. The van der Waals surface area contributed by atoms with Crippen LogP contribution in [0, 0.1) is 0 Å². The minimum atomic E-state index is -0.748. The van der Waals surface area contributed by atoms with Crippen molar-refractivity contribution in [3.05, 3.63) is 6.33 Å². The Morgan fingerprint density at radius 2 is 2.30 bits per heavy atom. The lowest BCUT2D eigenvalue weighted by atomic mass is 10.2. The molecule has 2 aromatic rings. The summed E-state index contributed by atoms with van der Waals surface area (Å²) in [6.45, 7) is -0.258. The van der Waals surface area contributed by atoms with Crippen LogP contribution in [-0.4, -0.2) is 60.7 Å². The monoisotopic (exact) mass is 281 g/mol. The van der Waals surface area contributed by atoms with Crippen molar-refractivity contribution < 1.29 is 20.1 Å². The summed E-state index contributed by atoms with van der Waals surface area (Å²) in [6.07, 6.45) is -0.0444. The highest BCUT2D eigenvalue weighted by atomic mass is 16.5. The summed E-state index contributed by atoms with van der Waals surface area (Å²) < 4.78 is 7.16. The van der Waals surface area contributed by atoms with Crippen LogP contribution in [-0.2, 0) is 4.74 Å². The first-order valence-corrected chi connectivity index (χ1v) is 6.19. The maximum atomic E-state index is 9.77. The Hall–Kier alpha value is -1.97. The van der Waals surface area contributed by atoms with E-state index in [1.54, 1.807) is 11.6 Å². The SMILES string of the molecule is CNc1nc(O)nc2c1ncn2[C@@H]1C[C@@H](O)[C@H](CO)O1. The van der Waals surface area contributed by atoms with E-state index in [0.717, 1.165) is 0 Å². The Labute approximate surface area is 113 Å². The van der Waals surface area contributed by atoms with Gasteiger partial charge in [-0.05, 0) is 0 Å². The molecule has 9 heteroatoms. The van der Waals surface area contributed by atoms with Gasteiger partial charge in [0.1, 0.15) is 12.3 Å². The number of anilines is 1. The van der Waals surface area contributed by atoms with Crippen LogP contribution in [0.4, 0.5) is 5.82 Å². The van der Waals surface area contributed by atoms with Gasteiger partial charge in [-0.2, -0.15) is 9.97 Å². The molecule has 1 aliphatic rings. The summed E-state index contributed by atoms with van der Waals surface area (Å²) in [7, 11) is 1.66. The molecule has 3 rings (SSSR count). The highest BCUT2D eigenvalue weighted by Gasteiger charge is 2.35. The highest BCUT2D eigenvalue weighted by molar-refractivity contribution is 5.83. The van der Waals surface area contributed by atoms with Gasteiger partial charge < -0.3 is 25.4 Å². The Morgan fingerprint density at radius 3 is 2.95 bits per heavy atom. The van der Waals surface area contributed by atoms with Crippen LogP contribution < -0.4 is 5.32 Å². The van der Waals surface area contributed by atoms with Crippen molar-refractivity contribution >= 4 is 17.0 Å². The molecule has 0 aliphatic carbocycles. The molecular formula is C11H15N5O4. The number of aromatic hydroxyl groups is 1. The zero-order chi connectivity index (χ0) is 14.3. The average molecular weight is 281 g/mol. The maximum absolute atomic E-state index is 9.77. The van der Waals surface area contributed by atoms with Crippen LogP contribution in [0.3, 0.4) is 0 Å².